The molecule has 0 spiro atoms. The van der Waals surface area contributed by atoms with Gasteiger partial charge in [-0.2, -0.15) is 13.2 Å². The lowest BCUT2D eigenvalue weighted by Crippen LogP contribution is -2.09. The average Bonchev–Trinajstić information content (AvgIpc) is 2.55. The van der Waals surface area contributed by atoms with E-state index < -0.39 is 17.2 Å². The normalized spacial score (nSPS) is 12.9. The Morgan fingerprint density at radius 2 is 2.11 bits per heavy atom. The van der Waals surface area contributed by atoms with Gasteiger partial charge in [-0.3, -0.25) is 0 Å². The quantitative estimate of drug-likeness (QED) is 0.927. The van der Waals surface area contributed by atoms with Gasteiger partial charge in [-0.25, -0.2) is 9.78 Å². The molecule has 1 rings (SSSR count). The average molecular weight is 283 g/mol. The fourth-order valence-corrected chi connectivity index (χ4v) is 1.50. The first kappa shape index (κ1) is 14.6. The minimum Gasteiger partial charge on any atom is -0.475 e. The molecule has 0 aliphatic carbocycles. The van der Waals surface area contributed by atoms with Crippen molar-refractivity contribution in [3.63, 3.8) is 0 Å². The summed E-state index contributed by atoms with van der Waals surface area (Å²) in [7, 11) is 1.32. The topological polar surface area (TPSA) is 55.1 Å². The summed E-state index contributed by atoms with van der Waals surface area (Å²) in [5.41, 5.74) is 0.287. The first-order valence-corrected chi connectivity index (χ1v) is 5.29. The molecule has 0 unspecified atom stereocenters. The zero-order valence-electron chi connectivity index (χ0n) is 9.55. The van der Waals surface area contributed by atoms with E-state index in [1.54, 1.807) is 6.92 Å². The van der Waals surface area contributed by atoms with Crippen LogP contribution in [0.3, 0.4) is 0 Å². The fraction of sp³-hybridized carbons (Fsp3) is 0.400. The summed E-state index contributed by atoms with van der Waals surface area (Å²) in [6.07, 6.45) is -3.69. The number of carboxylic acid groups (broad SMARTS) is 1. The fourth-order valence-electron chi connectivity index (χ4n) is 1.40. The standard InChI is InChI=1S/C10H10ClF3N2O2/c1-3-5-6(4-7(11)10(12,13)14)16(2)8(15-5)9(17)18/h4H,3H2,1-2H3,(H,17,18)/b7-4-. The van der Waals surface area contributed by atoms with E-state index in [1.807, 2.05) is 0 Å². The van der Waals surface area contributed by atoms with E-state index in [9.17, 15) is 18.0 Å². The van der Waals surface area contributed by atoms with Crippen molar-refractivity contribution in [3.8, 4) is 0 Å². The summed E-state index contributed by atoms with van der Waals surface area (Å²) in [4.78, 5) is 14.6. The Hall–Kier alpha value is -1.50. The highest BCUT2D eigenvalue weighted by Gasteiger charge is 2.33. The van der Waals surface area contributed by atoms with Crippen LogP contribution in [0.5, 0.6) is 0 Å². The van der Waals surface area contributed by atoms with Crippen LogP contribution in [-0.2, 0) is 13.5 Å². The zero-order valence-corrected chi connectivity index (χ0v) is 10.3. The maximum atomic E-state index is 12.3. The van der Waals surface area contributed by atoms with Crippen LogP contribution in [0.2, 0.25) is 0 Å². The number of aromatic nitrogens is 2. The number of rotatable bonds is 3. The Morgan fingerprint density at radius 3 is 2.50 bits per heavy atom. The van der Waals surface area contributed by atoms with Crippen LogP contribution in [0.15, 0.2) is 5.03 Å². The third kappa shape index (κ3) is 2.84. The number of carboxylic acids is 1. The van der Waals surface area contributed by atoms with E-state index in [4.69, 9.17) is 16.7 Å². The summed E-state index contributed by atoms with van der Waals surface area (Å²) in [6.45, 7) is 1.66. The monoisotopic (exact) mass is 282 g/mol. The van der Waals surface area contributed by atoms with Crippen LogP contribution in [-0.4, -0.2) is 26.8 Å². The summed E-state index contributed by atoms with van der Waals surface area (Å²) in [5.74, 6) is -1.64. The van der Waals surface area contributed by atoms with Gasteiger partial charge >= 0.3 is 12.1 Å². The SMILES string of the molecule is CCc1nc(C(=O)O)n(C)c1/C=C(\Cl)C(F)(F)F. The molecule has 0 bridgehead atoms. The highest BCUT2D eigenvalue weighted by atomic mass is 35.5. The Kier molecular flexibility index (Phi) is 4.05. The number of aryl methyl sites for hydroxylation is 1. The van der Waals surface area contributed by atoms with Crippen LogP contribution in [0.1, 0.15) is 28.9 Å². The van der Waals surface area contributed by atoms with Crippen molar-refractivity contribution in [1.82, 2.24) is 9.55 Å². The van der Waals surface area contributed by atoms with E-state index in [2.05, 4.69) is 4.98 Å². The molecule has 0 radical (unpaired) electrons. The number of alkyl halides is 3. The van der Waals surface area contributed by atoms with Crippen LogP contribution in [0.25, 0.3) is 6.08 Å². The lowest BCUT2D eigenvalue weighted by Gasteiger charge is -2.05. The maximum absolute atomic E-state index is 12.3. The number of allylic oxidation sites excluding steroid dienone is 1. The van der Waals surface area contributed by atoms with E-state index in [1.165, 1.54) is 7.05 Å². The lowest BCUT2D eigenvalue weighted by atomic mass is 10.2. The first-order chi connectivity index (χ1) is 8.18. The second kappa shape index (κ2) is 5.01. The van der Waals surface area contributed by atoms with Crippen molar-refractivity contribution in [2.75, 3.05) is 0 Å². The molecule has 0 saturated heterocycles. The van der Waals surface area contributed by atoms with Crippen molar-refractivity contribution in [2.24, 2.45) is 7.05 Å². The number of aromatic carboxylic acids is 1. The summed E-state index contributed by atoms with van der Waals surface area (Å²) >= 11 is 5.13. The van der Waals surface area contributed by atoms with Gasteiger partial charge < -0.3 is 9.67 Å². The van der Waals surface area contributed by atoms with Gasteiger partial charge in [-0.1, -0.05) is 18.5 Å². The first-order valence-electron chi connectivity index (χ1n) is 4.91. The van der Waals surface area contributed by atoms with Gasteiger partial charge in [0.15, 0.2) is 0 Å². The van der Waals surface area contributed by atoms with Gasteiger partial charge in [0.1, 0.15) is 5.03 Å². The zero-order chi connectivity index (χ0) is 14.1. The number of carbonyl (C=O) groups is 1. The smallest absolute Gasteiger partial charge is 0.427 e. The minimum absolute atomic E-state index is 0.0391. The minimum atomic E-state index is -4.67. The molecule has 0 atom stereocenters. The third-order valence-electron chi connectivity index (χ3n) is 2.28. The number of nitrogens with zero attached hydrogens (tertiary/aromatic N) is 2. The van der Waals surface area contributed by atoms with Gasteiger partial charge in [0.2, 0.25) is 5.82 Å². The second-order valence-electron chi connectivity index (χ2n) is 3.48. The van der Waals surface area contributed by atoms with Crippen molar-refractivity contribution in [3.05, 3.63) is 22.2 Å². The Balaban J connectivity index is 3.37. The van der Waals surface area contributed by atoms with Crippen molar-refractivity contribution in [2.45, 2.75) is 19.5 Å². The Bertz CT molecular complexity index is 506. The van der Waals surface area contributed by atoms with Gasteiger partial charge in [0, 0.05) is 7.05 Å². The lowest BCUT2D eigenvalue weighted by molar-refractivity contribution is -0.0837. The van der Waals surface area contributed by atoms with Crippen LogP contribution >= 0.6 is 11.6 Å². The third-order valence-corrected chi connectivity index (χ3v) is 2.60. The molecule has 0 aliphatic rings. The number of hydrogen-bond acceptors (Lipinski definition) is 2. The largest absolute Gasteiger partial charge is 0.475 e. The molecule has 1 aromatic heterocycles. The molecule has 0 fully saturated rings. The van der Waals surface area contributed by atoms with Crippen molar-refractivity contribution >= 4 is 23.6 Å². The van der Waals surface area contributed by atoms with Gasteiger partial charge in [0.25, 0.3) is 0 Å². The van der Waals surface area contributed by atoms with Crippen LogP contribution in [0.4, 0.5) is 13.2 Å². The van der Waals surface area contributed by atoms with Crippen molar-refractivity contribution < 1.29 is 23.1 Å². The van der Waals surface area contributed by atoms with Crippen LogP contribution in [0, 0.1) is 0 Å². The summed E-state index contributed by atoms with van der Waals surface area (Å²) in [6, 6.07) is 0. The molecule has 18 heavy (non-hydrogen) atoms. The molecule has 0 aliphatic heterocycles. The predicted molar refractivity (Wildman–Crippen MR) is 59.4 cm³/mol. The van der Waals surface area contributed by atoms with E-state index in [-0.39, 0.29) is 17.2 Å². The second-order valence-corrected chi connectivity index (χ2v) is 3.88. The van der Waals surface area contributed by atoms with Crippen molar-refractivity contribution in [1.29, 1.82) is 0 Å². The maximum Gasteiger partial charge on any atom is 0.427 e. The Morgan fingerprint density at radius 1 is 1.56 bits per heavy atom. The molecule has 0 saturated carbocycles. The number of halogens is 4. The highest BCUT2D eigenvalue weighted by Crippen LogP contribution is 2.31. The molecule has 4 nitrogen and oxygen atoms in total. The molecule has 1 aromatic rings. The molecule has 100 valence electrons. The van der Waals surface area contributed by atoms with Gasteiger partial charge in [0.05, 0.1) is 11.4 Å². The molecular formula is C10H10ClF3N2O2. The van der Waals surface area contributed by atoms with E-state index in [0.29, 0.717) is 12.5 Å². The molecule has 0 amide bonds. The molecular weight excluding hydrogens is 273 g/mol. The molecule has 0 aromatic carbocycles. The summed E-state index contributed by atoms with van der Waals surface area (Å²) < 4.78 is 38.0. The van der Waals surface area contributed by atoms with E-state index >= 15 is 0 Å². The van der Waals surface area contributed by atoms with E-state index in [0.717, 1.165) is 4.57 Å². The molecule has 8 heteroatoms. The summed E-state index contributed by atoms with van der Waals surface area (Å²) in [5, 5.41) is 7.51. The van der Waals surface area contributed by atoms with Crippen LogP contribution < -0.4 is 0 Å². The highest BCUT2D eigenvalue weighted by molar-refractivity contribution is 6.32. The predicted octanol–water partition coefficient (Wildman–Crippen LogP) is 2.82. The number of imidazole rings is 1. The Labute approximate surface area is 106 Å². The van der Waals surface area contributed by atoms with Gasteiger partial charge in [-0.15, -0.1) is 0 Å². The molecule has 1 N–H and O–H groups in total. The number of hydrogen-bond donors (Lipinski definition) is 1. The van der Waals surface area contributed by atoms with Gasteiger partial charge in [-0.05, 0) is 12.5 Å². The molecule has 1 heterocycles.